The molecule has 146 valence electrons. The Labute approximate surface area is 179 Å². The van der Waals surface area contributed by atoms with Crippen LogP contribution in [0.1, 0.15) is 37.7 Å². The standard InChI is InChI=1S/C20H30ClN3O.HI/c1-22-19(24-12-9-16(13-24)14-25-2)23-15-20(10-3-4-11-20)17-5-7-18(21)8-6-17;/h5-8,16H,3-4,9-15H2,1-2H3,(H,22,23);1H. The number of nitrogens with zero attached hydrogens (tertiary/aromatic N) is 2. The van der Waals surface area contributed by atoms with E-state index in [1.165, 1.54) is 37.7 Å². The van der Waals surface area contributed by atoms with Gasteiger partial charge in [0.2, 0.25) is 0 Å². The Morgan fingerprint density at radius 1 is 1.31 bits per heavy atom. The van der Waals surface area contributed by atoms with Crippen molar-refractivity contribution in [1.29, 1.82) is 0 Å². The van der Waals surface area contributed by atoms with Crippen LogP contribution in [0.3, 0.4) is 0 Å². The molecule has 6 heteroatoms. The third kappa shape index (κ3) is 5.04. The minimum Gasteiger partial charge on any atom is -0.384 e. The van der Waals surface area contributed by atoms with Crippen molar-refractivity contribution in [2.75, 3.05) is 40.4 Å². The van der Waals surface area contributed by atoms with Crippen molar-refractivity contribution in [2.24, 2.45) is 10.9 Å². The van der Waals surface area contributed by atoms with Gasteiger partial charge in [0.1, 0.15) is 0 Å². The van der Waals surface area contributed by atoms with Gasteiger partial charge in [0.25, 0.3) is 0 Å². The zero-order valence-electron chi connectivity index (χ0n) is 15.8. The van der Waals surface area contributed by atoms with E-state index < -0.39 is 0 Å². The number of methoxy groups -OCH3 is 1. The van der Waals surface area contributed by atoms with Gasteiger partial charge in [0.15, 0.2) is 5.96 Å². The van der Waals surface area contributed by atoms with Gasteiger partial charge in [-0.2, -0.15) is 0 Å². The molecule has 2 fully saturated rings. The van der Waals surface area contributed by atoms with Crippen LogP contribution in [0.4, 0.5) is 0 Å². The van der Waals surface area contributed by atoms with Crippen LogP contribution in [0.2, 0.25) is 5.02 Å². The lowest BCUT2D eigenvalue weighted by molar-refractivity contribution is 0.157. The fourth-order valence-electron chi connectivity index (χ4n) is 4.40. The molecule has 1 saturated carbocycles. The van der Waals surface area contributed by atoms with Crippen molar-refractivity contribution in [3.63, 3.8) is 0 Å². The molecular weight excluding hydrogens is 461 g/mol. The number of hydrogen-bond acceptors (Lipinski definition) is 2. The number of benzene rings is 1. The van der Waals surface area contributed by atoms with Gasteiger partial charge in [0.05, 0.1) is 6.61 Å². The van der Waals surface area contributed by atoms with E-state index in [0.29, 0.717) is 5.92 Å². The van der Waals surface area contributed by atoms with E-state index in [9.17, 15) is 0 Å². The number of rotatable bonds is 5. The van der Waals surface area contributed by atoms with Crippen molar-refractivity contribution in [3.05, 3.63) is 34.9 Å². The molecule has 0 amide bonds. The van der Waals surface area contributed by atoms with E-state index in [1.54, 1.807) is 7.11 Å². The van der Waals surface area contributed by atoms with Gasteiger partial charge in [-0.15, -0.1) is 24.0 Å². The van der Waals surface area contributed by atoms with Gasteiger partial charge >= 0.3 is 0 Å². The molecule has 1 aromatic rings. The minimum atomic E-state index is 0. The Kier molecular flexibility index (Phi) is 8.48. The first-order chi connectivity index (χ1) is 12.2. The molecule has 1 saturated heterocycles. The third-order valence-corrected chi connectivity index (χ3v) is 6.05. The molecule has 1 aliphatic heterocycles. The molecule has 1 atom stereocenters. The van der Waals surface area contributed by atoms with Crippen LogP contribution in [0, 0.1) is 5.92 Å². The first-order valence-electron chi connectivity index (χ1n) is 9.37. The lowest BCUT2D eigenvalue weighted by Crippen LogP contribution is -2.46. The predicted molar refractivity (Wildman–Crippen MR) is 120 cm³/mol. The highest BCUT2D eigenvalue weighted by molar-refractivity contribution is 14.0. The summed E-state index contributed by atoms with van der Waals surface area (Å²) in [5.74, 6) is 1.64. The van der Waals surface area contributed by atoms with Crippen molar-refractivity contribution in [1.82, 2.24) is 10.2 Å². The highest BCUT2D eigenvalue weighted by atomic mass is 127. The van der Waals surface area contributed by atoms with E-state index in [0.717, 1.165) is 37.2 Å². The maximum atomic E-state index is 6.09. The van der Waals surface area contributed by atoms with Gasteiger partial charge in [-0.3, -0.25) is 4.99 Å². The molecule has 1 aromatic carbocycles. The molecule has 1 aliphatic carbocycles. The van der Waals surface area contributed by atoms with Crippen LogP contribution in [0.25, 0.3) is 0 Å². The zero-order valence-corrected chi connectivity index (χ0v) is 18.9. The summed E-state index contributed by atoms with van der Waals surface area (Å²) in [6, 6.07) is 8.42. The monoisotopic (exact) mass is 491 g/mol. The van der Waals surface area contributed by atoms with Crippen LogP contribution < -0.4 is 5.32 Å². The first-order valence-corrected chi connectivity index (χ1v) is 9.75. The Balaban J connectivity index is 0.00000243. The molecule has 4 nitrogen and oxygen atoms in total. The Bertz CT molecular complexity index is 587. The highest BCUT2D eigenvalue weighted by Gasteiger charge is 2.36. The molecule has 2 aliphatic rings. The number of halogens is 2. The molecule has 1 N–H and O–H groups in total. The molecule has 0 radical (unpaired) electrons. The first kappa shape index (κ1) is 21.8. The molecule has 0 bridgehead atoms. The Morgan fingerprint density at radius 2 is 2.00 bits per heavy atom. The summed E-state index contributed by atoms with van der Waals surface area (Å²) in [4.78, 5) is 6.90. The Morgan fingerprint density at radius 3 is 2.62 bits per heavy atom. The smallest absolute Gasteiger partial charge is 0.193 e. The van der Waals surface area contributed by atoms with Crippen LogP contribution in [-0.4, -0.2) is 51.3 Å². The number of likely N-dealkylation sites (tertiary alicyclic amines) is 1. The zero-order chi connectivity index (χ0) is 17.7. The van der Waals surface area contributed by atoms with Crippen LogP contribution in [-0.2, 0) is 10.2 Å². The number of aliphatic imine (C=N–C) groups is 1. The van der Waals surface area contributed by atoms with Crippen LogP contribution in [0.15, 0.2) is 29.3 Å². The lowest BCUT2D eigenvalue weighted by Gasteiger charge is -2.32. The van der Waals surface area contributed by atoms with Crippen molar-refractivity contribution < 1.29 is 4.74 Å². The average Bonchev–Trinajstić information content (AvgIpc) is 3.27. The topological polar surface area (TPSA) is 36.9 Å². The van der Waals surface area contributed by atoms with E-state index in [1.807, 2.05) is 19.2 Å². The summed E-state index contributed by atoms with van der Waals surface area (Å²) in [7, 11) is 3.67. The summed E-state index contributed by atoms with van der Waals surface area (Å²) in [6.45, 7) is 3.86. The maximum absolute atomic E-state index is 6.09. The average molecular weight is 492 g/mol. The molecule has 1 heterocycles. The maximum Gasteiger partial charge on any atom is 0.193 e. The minimum absolute atomic E-state index is 0. The Hall–Kier alpha value is -0.530. The summed E-state index contributed by atoms with van der Waals surface area (Å²) in [5.41, 5.74) is 1.60. The lowest BCUT2D eigenvalue weighted by atomic mass is 9.79. The van der Waals surface area contributed by atoms with E-state index >= 15 is 0 Å². The van der Waals surface area contributed by atoms with Crippen molar-refractivity contribution >= 4 is 41.5 Å². The van der Waals surface area contributed by atoms with Crippen LogP contribution in [0.5, 0.6) is 0 Å². The fourth-order valence-corrected chi connectivity index (χ4v) is 4.53. The van der Waals surface area contributed by atoms with Crippen LogP contribution >= 0.6 is 35.6 Å². The molecule has 26 heavy (non-hydrogen) atoms. The third-order valence-electron chi connectivity index (χ3n) is 5.80. The summed E-state index contributed by atoms with van der Waals surface area (Å²) in [6.07, 6.45) is 6.22. The number of nitrogens with one attached hydrogen (secondary N) is 1. The normalized spacial score (nSPS) is 22.3. The second-order valence-electron chi connectivity index (χ2n) is 7.45. The second kappa shape index (κ2) is 10.1. The number of hydrogen-bond donors (Lipinski definition) is 1. The van der Waals surface area contributed by atoms with E-state index in [2.05, 4.69) is 27.3 Å². The highest BCUT2D eigenvalue weighted by Crippen LogP contribution is 2.41. The van der Waals surface area contributed by atoms with Crippen molar-refractivity contribution in [2.45, 2.75) is 37.5 Å². The van der Waals surface area contributed by atoms with E-state index in [4.69, 9.17) is 16.3 Å². The second-order valence-corrected chi connectivity index (χ2v) is 7.89. The summed E-state index contributed by atoms with van der Waals surface area (Å²) >= 11 is 6.09. The van der Waals surface area contributed by atoms with E-state index in [-0.39, 0.29) is 29.4 Å². The fraction of sp³-hybridized carbons (Fsp3) is 0.650. The predicted octanol–water partition coefficient (Wildman–Crippen LogP) is 4.31. The largest absolute Gasteiger partial charge is 0.384 e. The van der Waals surface area contributed by atoms with Gasteiger partial charge in [-0.25, -0.2) is 0 Å². The molecule has 0 aromatic heterocycles. The molecular formula is C20H31ClIN3O. The van der Waals surface area contributed by atoms with Gasteiger partial charge in [0, 0.05) is 50.1 Å². The quantitative estimate of drug-likeness (QED) is 0.379. The van der Waals surface area contributed by atoms with Crippen molar-refractivity contribution in [3.8, 4) is 0 Å². The summed E-state index contributed by atoms with van der Waals surface area (Å²) in [5, 5.41) is 4.48. The number of guanidine groups is 1. The van der Waals surface area contributed by atoms with Gasteiger partial charge in [-0.1, -0.05) is 36.6 Å². The number of ether oxygens (including phenoxy) is 1. The SMILES string of the molecule is CN=C(NCC1(c2ccc(Cl)cc2)CCCC1)N1CCC(COC)C1.I. The molecule has 1 unspecified atom stereocenters. The van der Waals surface area contributed by atoms with Gasteiger partial charge in [-0.05, 0) is 37.0 Å². The molecule has 0 spiro atoms. The molecule has 3 rings (SSSR count). The van der Waals surface area contributed by atoms with Gasteiger partial charge < -0.3 is 15.0 Å². The summed E-state index contributed by atoms with van der Waals surface area (Å²) < 4.78 is 5.31.